The minimum absolute atomic E-state index is 0.186. The van der Waals surface area contributed by atoms with Crippen molar-refractivity contribution in [3.05, 3.63) is 48.4 Å². The van der Waals surface area contributed by atoms with Crippen LogP contribution in [-0.4, -0.2) is 12.6 Å². The number of hydrogen-bond acceptors (Lipinski definition) is 4. The van der Waals surface area contributed by atoms with Crippen LogP contribution in [0.2, 0.25) is 0 Å². The van der Waals surface area contributed by atoms with Crippen molar-refractivity contribution in [2.75, 3.05) is 6.61 Å². The number of carbonyl (C=O) groups is 1. The molecule has 0 spiro atoms. The van der Waals surface area contributed by atoms with Crippen molar-refractivity contribution in [3.8, 4) is 11.5 Å². The SMILES string of the molecule is CCCCCCOc1ccc(OC(=O)c2ccco2)cc1. The Morgan fingerprint density at radius 2 is 1.81 bits per heavy atom. The van der Waals surface area contributed by atoms with Gasteiger partial charge in [-0.2, -0.15) is 0 Å². The van der Waals surface area contributed by atoms with Crippen LogP contribution in [0.5, 0.6) is 11.5 Å². The van der Waals surface area contributed by atoms with E-state index in [-0.39, 0.29) is 5.76 Å². The monoisotopic (exact) mass is 288 g/mol. The molecule has 4 heteroatoms. The lowest BCUT2D eigenvalue weighted by molar-refractivity contribution is 0.0701. The van der Waals surface area contributed by atoms with Gasteiger partial charge in [0.15, 0.2) is 0 Å². The van der Waals surface area contributed by atoms with Gasteiger partial charge in [-0.15, -0.1) is 0 Å². The number of benzene rings is 1. The predicted octanol–water partition coefficient (Wildman–Crippen LogP) is 4.46. The van der Waals surface area contributed by atoms with E-state index in [0.29, 0.717) is 12.4 Å². The fourth-order valence-corrected chi connectivity index (χ4v) is 1.87. The lowest BCUT2D eigenvalue weighted by Gasteiger charge is -2.07. The van der Waals surface area contributed by atoms with Gasteiger partial charge in [-0.25, -0.2) is 4.79 Å². The first-order valence-electron chi connectivity index (χ1n) is 7.28. The van der Waals surface area contributed by atoms with E-state index in [9.17, 15) is 4.79 Å². The van der Waals surface area contributed by atoms with Crippen LogP contribution in [0, 0.1) is 0 Å². The molecule has 2 aromatic rings. The Bertz CT molecular complexity index is 528. The van der Waals surface area contributed by atoms with E-state index >= 15 is 0 Å². The number of furan rings is 1. The summed E-state index contributed by atoms with van der Waals surface area (Å²) in [6, 6.07) is 10.2. The Balaban J connectivity index is 1.78. The maximum Gasteiger partial charge on any atom is 0.379 e. The molecule has 0 aliphatic rings. The van der Waals surface area contributed by atoms with Crippen LogP contribution in [-0.2, 0) is 0 Å². The maximum atomic E-state index is 11.7. The average Bonchev–Trinajstić information content (AvgIpc) is 3.03. The number of hydrogen-bond donors (Lipinski definition) is 0. The van der Waals surface area contributed by atoms with E-state index in [2.05, 4.69) is 6.92 Å². The molecule has 0 atom stereocenters. The van der Waals surface area contributed by atoms with Crippen molar-refractivity contribution in [1.29, 1.82) is 0 Å². The second kappa shape index (κ2) is 8.15. The van der Waals surface area contributed by atoms with Crippen LogP contribution in [0.1, 0.15) is 43.2 Å². The van der Waals surface area contributed by atoms with E-state index in [1.807, 2.05) is 0 Å². The molecule has 0 saturated carbocycles. The van der Waals surface area contributed by atoms with Gasteiger partial charge in [-0.05, 0) is 42.8 Å². The van der Waals surface area contributed by atoms with Crippen LogP contribution >= 0.6 is 0 Å². The minimum atomic E-state index is -0.506. The summed E-state index contributed by atoms with van der Waals surface area (Å²) >= 11 is 0. The Morgan fingerprint density at radius 3 is 2.48 bits per heavy atom. The zero-order chi connectivity index (χ0) is 14.9. The molecule has 0 saturated heterocycles. The largest absolute Gasteiger partial charge is 0.494 e. The van der Waals surface area contributed by atoms with Crippen molar-refractivity contribution in [2.45, 2.75) is 32.6 Å². The van der Waals surface area contributed by atoms with Crippen molar-refractivity contribution >= 4 is 5.97 Å². The van der Waals surface area contributed by atoms with Crippen LogP contribution in [0.4, 0.5) is 0 Å². The highest BCUT2D eigenvalue weighted by Gasteiger charge is 2.11. The number of esters is 1. The summed E-state index contributed by atoms with van der Waals surface area (Å²) < 4.78 is 15.8. The molecule has 0 unspecified atom stereocenters. The maximum absolute atomic E-state index is 11.7. The molecule has 2 rings (SSSR count). The third kappa shape index (κ3) is 4.99. The third-order valence-corrected chi connectivity index (χ3v) is 3.02. The van der Waals surface area contributed by atoms with Gasteiger partial charge in [0.25, 0.3) is 0 Å². The normalized spacial score (nSPS) is 10.3. The molecule has 4 nitrogen and oxygen atoms in total. The first-order valence-corrected chi connectivity index (χ1v) is 7.28. The fraction of sp³-hybridized carbons (Fsp3) is 0.353. The van der Waals surface area contributed by atoms with Gasteiger partial charge in [0.2, 0.25) is 5.76 Å². The average molecular weight is 288 g/mol. The fourth-order valence-electron chi connectivity index (χ4n) is 1.87. The minimum Gasteiger partial charge on any atom is -0.494 e. The van der Waals surface area contributed by atoms with Crippen LogP contribution in [0.25, 0.3) is 0 Å². The molecule has 0 bridgehead atoms. The molecule has 0 fully saturated rings. The standard InChI is InChI=1S/C17H20O4/c1-2-3-4-5-12-19-14-8-10-15(11-9-14)21-17(18)16-7-6-13-20-16/h6-11,13H,2-5,12H2,1H3. The summed E-state index contributed by atoms with van der Waals surface area (Å²) in [7, 11) is 0. The summed E-state index contributed by atoms with van der Waals surface area (Å²) in [6.07, 6.45) is 6.14. The Morgan fingerprint density at radius 1 is 1.05 bits per heavy atom. The summed E-state index contributed by atoms with van der Waals surface area (Å²) in [5.74, 6) is 0.929. The zero-order valence-corrected chi connectivity index (χ0v) is 12.2. The topological polar surface area (TPSA) is 48.7 Å². The number of rotatable bonds is 8. The highest BCUT2D eigenvalue weighted by molar-refractivity contribution is 5.88. The number of carbonyl (C=O) groups excluding carboxylic acids is 1. The second-order valence-corrected chi connectivity index (χ2v) is 4.75. The number of unbranched alkanes of at least 4 members (excludes halogenated alkanes) is 3. The lowest BCUT2D eigenvalue weighted by atomic mass is 10.2. The van der Waals surface area contributed by atoms with E-state index in [1.165, 1.54) is 25.5 Å². The zero-order valence-electron chi connectivity index (χ0n) is 12.2. The third-order valence-electron chi connectivity index (χ3n) is 3.02. The van der Waals surface area contributed by atoms with Gasteiger partial charge in [0.1, 0.15) is 11.5 Å². The number of ether oxygens (including phenoxy) is 2. The van der Waals surface area contributed by atoms with E-state index < -0.39 is 5.97 Å². The molecular weight excluding hydrogens is 268 g/mol. The van der Waals surface area contributed by atoms with E-state index in [1.54, 1.807) is 36.4 Å². The van der Waals surface area contributed by atoms with Crippen LogP contribution in [0.15, 0.2) is 47.1 Å². The Kier molecular flexibility index (Phi) is 5.88. The summed E-state index contributed by atoms with van der Waals surface area (Å²) in [5.41, 5.74) is 0. The summed E-state index contributed by atoms with van der Waals surface area (Å²) in [6.45, 7) is 2.90. The molecular formula is C17H20O4. The van der Waals surface area contributed by atoms with Gasteiger partial charge in [-0.3, -0.25) is 0 Å². The molecule has 0 aliphatic carbocycles. The molecule has 112 valence electrons. The van der Waals surface area contributed by atoms with Gasteiger partial charge < -0.3 is 13.9 Å². The van der Waals surface area contributed by atoms with Crippen LogP contribution in [0.3, 0.4) is 0 Å². The summed E-state index contributed by atoms with van der Waals surface area (Å²) in [4.78, 5) is 11.7. The predicted molar refractivity (Wildman–Crippen MR) is 79.7 cm³/mol. The molecule has 1 aromatic carbocycles. The van der Waals surface area contributed by atoms with Gasteiger partial charge >= 0.3 is 5.97 Å². The first-order chi connectivity index (χ1) is 10.3. The molecule has 1 heterocycles. The van der Waals surface area contributed by atoms with Crippen molar-refractivity contribution in [1.82, 2.24) is 0 Å². The van der Waals surface area contributed by atoms with Crippen molar-refractivity contribution in [2.24, 2.45) is 0 Å². The molecule has 1 aromatic heterocycles. The molecule has 0 amide bonds. The quantitative estimate of drug-likeness (QED) is 0.409. The molecule has 0 N–H and O–H groups in total. The molecule has 21 heavy (non-hydrogen) atoms. The second-order valence-electron chi connectivity index (χ2n) is 4.75. The van der Waals surface area contributed by atoms with E-state index in [0.717, 1.165) is 12.2 Å². The highest BCUT2D eigenvalue weighted by atomic mass is 16.5. The van der Waals surface area contributed by atoms with Crippen molar-refractivity contribution in [3.63, 3.8) is 0 Å². The summed E-state index contributed by atoms with van der Waals surface area (Å²) in [5, 5.41) is 0. The lowest BCUT2D eigenvalue weighted by Crippen LogP contribution is -2.07. The van der Waals surface area contributed by atoms with Gasteiger partial charge in [0.05, 0.1) is 12.9 Å². The highest BCUT2D eigenvalue weighted by Crippen LogP contribution is 2.19. The Labute approximate surface area is 124 Å². The van der Waals surface area contributed by atoms with Crippen LogP contribution < -0.4 is 9.47 Å². The molecule has 0 aliphatic heterocycles. The smallest absolute Gasteiger partial charge is 0.379 e. The van der Waals surface area contributed by atoms with Gasteiger partial charge in [0, 0.05) is 0 Å². The van der Waals surface area contributed by atoms with E-state index in [4.69, 9.17) is 13.9 Å². The van der Waals surface area contributed by atoms with Gasteiger partial charge in [-0.1, -0.05) is 26.2 Å². The Hall–Kier alpha value is -2.23. The van der Waals surface area contributed by atoms with Crippen molar-refractivity contribution < 1.29 is 18.7 Å². The molecule has 0 radical (unpaired) electrons. The first kappa shape index (κ1) is 15.2.